The van der Waals surface area contributed by atoms with E-state index in [1.54, 1.807) is 13.8 Å². The van der Waals surface area contributed by atoms with E-state index in [9.17, 15) is 14.7 Å². The SMILES string of the molecule is CCC(CC)(C(=O)O)C(=O)C(OCC(C)C)OCC(C)C. The van der Waals surface area contributed by atoms with E-state index in [0.717, 1.165) is 0 Å². The van der Waals surface area contributed by atoms with Crippen LogP contribution in [0, 0.1) is 17.3 Å². The number of carboxylic acid groups (broad SMARTS) is 1. The minimum Gasteiger partial charge on any atom is -0.480 e. The molecular weight excluding hydrogens is 272 g/mol. The van der Waals surface area contributed by atoms with Gasteiger partial charge in [-0.05, 0) is 24.7 Å². The van der Waals surface area contributed by atoms with E-state index in [-0.39, 0.29) is 24.7 Å². The highest BCUT2D eigenvalue weighted by Gasteiger charge is 2.47. The van der Waals surface area contributed by atoms with Crippen LogP contribution in [-0.2, 0) is 19.1 Å². The van der Waals surface area contributed by atoms with Gasteiger partial charge in [-0.3, -0.25) is 9.59 Å². The molecule has 0 unspecified atom stereocenters. The zero-order valence-electron chi connectivity index (χ0n) is 14.1. The first-order valence-electron chi connectivity index (χ1n) is 7.72. The van der Waals surface area contributed by atoms with Gasteiger partial charge in [0.05, 0.1) is 13.2 Å². The summed E-state index contributed by atoms with van der Waals surface area (Å²) < 4.78 is 11.1. The third-order valence-electron chi connectivity index (χ3n) is 3.46. The van der Waals surface area contributed by atoms with Gasteiger partial charge in [-0.25, -0.2) is 0 Å². The number of rotatable bonds is 11. The zero-order valence-corrected chi connectivity index (χ0v) is 14.1. The maximum absolute atomic E-state index is 12.7. The molecule has 0 bridgehead atoms. The van der Waals surface area contributed by atoms with Gasteiger partial charge in [0.15, 0.2) is 0 Å². The lowest BCUT2D eigenvalue weighted by molar-refractivity contribution is -0.189. The Kier molecular flexibility index (Phi) is 8.74. The van der Waals surface area contributed by atoms with Crippen molar-refractivity contribution in [2.24, 2.45) is 17.3 Å². The third kappa shape index (κ3) is 5.75. The van der Waals surface area contributed by atoms with Crippen LogP contribution in [0.5, 0.6) is 0 Å². The van der Waals surface area contributed by atoms with Crippen molar-refractivity contribution in [3.63, 3.8) is 0 Å². The molecule has 0 aliphatic carbocycles. The fourth-order valence-corrected chi connectivity index (χ4v) is 1.99. The molecule has 0 aliphatic heterocycles. The second-order valence-corrected chi connectivity index (χ2v) is 6.24. The fourth-order valence-electron chi connectivity index (χ4n) is 1.99. The molecule has 0 aromatic carbocycles. The van der Waals surface area contributed by atoms with Crippen molar-refractivity contribution in [1.29, 1.82) is 0 Å². The molecule has 0 atom stereocenters. The average Bonchev–Trinajstić information content (AvgIpc) is 2.39. The van der Waals surface area contributed by atoms with Crippen LogP contribution in [0.3, 0.4) is 0 Å². The second-order valence-electron chi connectivity index (χ2n) is 6.24. The minimum absolute atomic E-state index is 0.226. The standard InChI is InChI=1S/C16H30O5/c1-7-16(8-2,15(18)19)13(17)14(20-9-11(3)4)21-10-12(5)6/h11-12,14H,7-10H2,1-6H3,(H,18,19). The van der Waals surface area contributed by atoms with Gasteiger partial charge in [-0.1, -0.05) is 41.5 Å². The molecule has 0 saturated heterocycles. The van der Waals surface area contributed by atoms with E-state index in [4.69, 9.17) is 9.47 Å². The van der Waals surface area contributed by atoms with Crippen LogP contribution < -0.4 is 0 Å². The Morgan fingerprint density at radius 1 is 0.952 bits per heavy atom. The Balaban J connectivity index is 5.17. The second kappa shape index (κ2) is 9.15. The van der Waals surface area contributed by atoms with E-state index in [1.807, 2.05) is 27.7 Å². The van der Waals surface area contributed by atoms with Crippen LogP contribution >= 0.6 is 0 Å². The van der Waals surface area contributed by atoms with Gasteiger partial charge in [0.25, 0.3) is 0 Å². The molecule has 0 aliphatic rings. The molecule has 0 aromatic heterocycles. The van der Waals surface area contributed by atoms with E-state index in [2.05, 4.69) is 0 Å². The van der Waals surface area contributed by atoms with Crippen molar-refractivity contribution in [1.82, 2.24) is 0 Å². The Labute approximate surface area is 128 Å². The monoisotopic (exact) mass is 302 g/mol. The van der Waals surface area contributed by atoms with Crippen molar-refractivity contribution in [2.45, 2.75) is 60.7 Å². The first-order chi connectivity index (χ1) is 9.71. The molecule has 0 fully saturated rings. The number of aliphatic carboxylic acids is 1. The highest BCUT2D eigenvalue weighted by Crippen LogP contribution is 2.30. The van der Waals surface area contributed by atoms with E-state index in [1.165, 1.54) is 0 Å². The summed E-state index contributed by atoms with van der Waals surface area (Å²) in [7, 11) is 0. The lowest BCUT2D eigenvalue weighted by Gasteiger charge is -2.30. The first-order valence-corrected chi connectivity index (χ1v) is 7.72. The lowest BCUT2D eigenvalue weighted by atomic mass is 9.78. The number of ether oxygens (including phenoxy) is 2. The molecule has 5 heteroatoms. The minimum atomic E-state index is -1.43. The molecule has 0 amide bonds. The van der Waals surface area contributed by atoms with Gasteiger partial charge in [0.2, 0.25) is 12.1 Å². The molecular formula is C16H30O5. The smallest absolute Gasteiger partial charge is 0.317 e. The van der Waals surface area contributed by atoms with Crippen molar-refractivity contribution < 1.29 is 24.2 Å². The van der Waals surface area contributed by atoms with E-state index in [0.29, 0.717) is 13.2 Å². The van der Waals surface area contributed by atoms with E-state index >= 15 is 0 Å². The number of ketones is 1. The summed E-state index contributed by atoms with van der Waals surface area (Å²) in [5, 5.41) is 9.47. The summed E-state index contributed by atoms with van der Waals surface area (Å²) in [5.74, 6) is -1.11. The molecule has 0 radical (unpaired) electrons. The Morgan fingerprint density at radius 3 is 1.57 bits per heavy atom. The third-order valence-corrected chi connectivity index (χ3v) is 3.46. The molecule has 0 aromatic rings. The largest absolute Gasteiger partial charge is 0.480 e. The molecule has 0 heterocycles. The zero-order chi connectivity index (χ0) is 16.6. The van der Waals surface area contributed by atoms with Gasteiger partial charge >= 0.3 is 5.97 Å². The van der Waals surface area contributed by atoms with Crippen molar-refractivity contribution in [2.75, 3.05) is 13.2 Å². The van der Waals surface area contributed by atoms with Crippen LogP contribution in [-0.4, -0.2) is 36.4 Å². The number of carbonyl (C=O) groups excluding carboxylic acids is 1. The van der Waals surface area contributed by atoms with Gasteiger partial charge in [-0.2, -0.15) is 0 Å². The predicted molar refractivity (Wildman–Crippen MR) is 81.0 cm³/mol. The molecule has 0 saturated carbocycles. The molecule has 21 heavy (non-hydrogen) atoms. The normalized spacial score (nSPS) is 12.4. The lowest BCUT2D eigenvalue weighted by Crippen LogP contribution is -2.46. The molecule has 0 spiro atoms. The Hall–Kier alpha value is -0.940. The maximum Gasteiger partial charge on any atom is 0.317 e. The van der Waals surface area contributed by atoms with Gasteiger partial charge < -0.3 is 14.6 Å². The van der Waals surface area contributed by atoms with Crippen molar-refractivity contribution in [3.8, 4) is 0 Å². The molecule has 0 rings (SSSR count). The fraction of sp³-hybridized carbons (Fsp3) is 0.875. The molecule has 5 nitrogen and oxygen atoms in total. The summed E-state index contributed by atoms with van der Waals surface area (Å²) >= 11 is 0. The Bertz CT molecular complexity index is 320. The van der Waals surface area contributed by atoms with Crippen LogP contribution in [0.2, 0.25) is 0 Å². The van der Waals surface area contributed by atoms with Gasteiger partial charge in [0.1, 0.15) is 5.41 Å². The number of hydrogen-bond donors (Lipinski definition) is 1. The van der Waals surface area contributed by atoms with Crippen molar-refractivity contribution in [3.05, 3.63) is 0 Å². The molecule has 1 N–H and O–H groups in total. The highest BCUT2D eigenvalue weighted by atomic mass is 16.7. The predicted octanol–water partition coefficient (Wildman–Crippen LogP) is 3.12. The summed E-state index contributed by atoms with van der Waals surface area (Å²) in [6, 6.07) is 0. The summed E-state index contributed by atoms with van der Waals surface area (Å²) in [4.78, 5) is 24.2. The number of hydrogen-bond acceptors (Lipinski definition) is 4. The van der Waals surface area contributed by atoms with Crippen LogP contribution in [0.15, 0.2) is 0 Å². The van der Waals surface area contributed by atoms with Crippen molar-refractivity contribution >= 4 is 11.8 Å². The summed E-state index contributed by atoms with van der Waals surface area (Å²) in [6.07, 6.45) is -0.653. The maximum atomic E-state index is 12.7. The highest BCUT2D eigenvalue weighted by molar-refractivity contribution is 6.04. The van der Waals surface area contributed by atoms with Crippen LogP contribution in [0.4, 0.5) is 0 Å². The first kappa shape index (κ1) is 20.1. The number of Topliss-reactive ketones (excluding diaryl/α,β-unsaturated/α-hetero) is 1. The quantitative estimate of drug-likeness (QED) is 0.469. The van der Waals surface area contributed by atoms with Crippen LogP contribution in [0.1, 0.15) is 54.4 Å². The Morgan fingerprint density at radius 2 is 1.33 bits per heavy atom. The topological polar surface area (TPSA) is 72.8 Å². The number of carboxylic acids is 1. The number of carbonyl (C=O) groups is 2. The average molecular weight is 302 g/mol. The summed E-state index contributed by atoms with van der Waals surface area (Å²) in [5.41, 5.74) is -1.43. The van der Waals surface area contributed by atoms with Gasteiger partial charge in [-0.15, -0.1) is 0 Å². The van der Waals surface area contributed by atoms with Gasteiger partial charge in [0, 0.05) is 0 Å². The molecule has 124 valence electrons. The summed E-state index contributed by atoms with van der Waals surface area (Å²) in [6.45, 7) is 12.0. The van der Waals surface area contributed by atoms with E-state index < -0.39 is 23.5 Å². The van der Waals surface area contributed by atoms with Crippen LogP contribution in [0.25, 0.3) is 0 Å².